The summed E-state index contributed by atoms with van der Waals surface area (Å²) in [6, 6.07) is 2.63. The standard InChI is InChI=1S/C16H17ClFN3O2/c1-23-16(22)12-8-2-4-9(5-3-8)13(12)20-15-11(18)6-10(7-19)14(17)21-15/h6,8-9,12-13H,2-5H2,1H3,(H,20,21)/t8?,9?,12-,13-/m0/s1. The molecule has 0 aliphatic heterocycles. The zero-order valence-corrected chi connectivity index (χ0v) is 13.4. The molecule has 4 rings (SSSR count). The Balaban J connectivity index is 1.90. The molecule has 2 bridgehead atoms. The third-order valence-corrected chi connectivity index (χ3v) is 5.33. The van der Waals surface area contributed by atoms with Gasteiger partial charge in [-0.15, -0.1) is 0 Å². The lowest BCUT2D eigenvalue weighted by Crippen LogP contribution is -2.52. The Hall–Kier alpha value is -1.87. The third kappa shape index (κ3) is 2.86. The van der Waals surface area contributed by atoms with Gasteiger partial charge in [0.05, 0.1) is 18.6 Å². The van der Waals surface area contributed by atoms with Crippen molar-refractivity contribution in [2.75, 3.05) is 12.4 Å². The van der Waals surface area contributed by atoms with E-state index in [4.69, 9.17) is 21.6 Å². The summed E-state index contributed by atoms with van der Waals surface area (Å²) in [5.41, 5.74) is -0.00982. The van der Waals surface area contributed by atoms with Crippen molar-refractivity contribution >= 4 is 23.4 Å². The summed E-state index contributed by atoms with van der Waals surface area (Å²) < 4.78 is 19.1. The number of nitrogens with one attached hydrogen (secondary N) is 1. The number of hydrogen-bond acceptors (Lipinski definition) is 5. The van der Waals surface area contributed by atoms with E-state index in [1.165, 1.54) is 7.11 Å². The van der Waals surface area contributed by atoms with Crippen LogP contribution in [0.5, 0.6) is 0 Å². The summed E-state index contributed by atoms with van der Waals surface area (Å²) >= 11 is 5.89. The first kappa shape index (κ1) is 16.0. The van der Waals surface area contributed by atoms with Gasteiger partial charge in [0.15, 0.2) is 11.6 Å². The lowest BCUT2D eigenvalue weighted by molar-refractivity contribution is -0.152. The number of esters is 1. The smallest absolute Gasteiger partial charge is 0.311 e. The van der Waals surface area contributed by atoms with Crippen molar-refractivity contribution in [3.05, 3.63) is 22.6 Å². The van der Waals surface area contributed by atoms with Crippen LogP contribution in [0.2, 0.25) is 5.15 Å². The molecular formula is C16H17ClFN3O2. The van der Waals surface area contributed by atoms with Gasteiger partial charge >= 0.3 is 5.97 Å². The fourth-order valence-corrected chi connectivity index (χ4v) is 4.12. The van der Waals surface area contributed by atoms with Crippen LogP contribution in [0.1, 0.15) is 31.2 Å². The molecule has 1 N–H and O–H groups in total. The molecule has 5 nitrogen and oxygen atoms in total. The van der Waals surface area contributed by atoms with Crippen molar-refractivity contribution in [1.82, 2.24) is 4.98 Å². The number of methoxy groups -OCH3 is 1. The van der Waals surface area contributed by atoms with Crippen LogP contribution in [0.3, 0.4) is 0 Å². The van der Waals surface area contributed by atoms with Gasteiger partial charge in [-0.1, -0.05) is 11.6 Å². The first-order chi connectivity index (χ1) is 11.0. The SMILES string of the molecule is COC(=O)[C@H]1C2CCC(CC2)[C@@H]1Nc1nc(Cl)c(C#N)cc1F. The van der Waals surface area contributed by atoms with Crippen LogP contribution in [0.15, 0.2) is 6.07 Å². The molecule has 1 heterocycles. The maximum Gasteiger partial charge on any atom is 0.311 e. The molecule has 3 aliphatic rings. The molecule has 3 fully saturated rings. The van der Waals surface area contributed by atoms with Crippen LogP contribution in [0.25, 0.3) is 0 Å². The predicted octanol–water partition coefficient (Wildman–Crippen LogP) is 3.14. The molecule has 7 heteroatoms. The number of hydrogen-bond donors (Lipinski definition) is 1. The fourth-order valence-electron chi connectivity index (χ4n) is 3.94. The van der Waals surface area contributed by atoms with Gasteiger partial charge in [0.1, 0.15) is 11.2 Å². The first-order valence-corrected chi connectivity index (χ1v) is 8.03. The molecule has 0 amide bonds. The van der Waals surface area contributed by atoms with Gasteiger partial charge in [0, 0.05) is 6.04 Å². The lowest BCUT2D eigenvalue weighted by atomic mass is 9.61. The van der Waals surface area contributed by atoms with Crippen LogP contribution in [-0.4, -0.2) is 24.1 Å². The molecule has 3 aliphatic carbocycles. The summed E-state index contributed by atoms with van der Waals surface area (Å²) in [5.74, 6) is -0.696. The summed E-state index contributed by atoms with van der Waals surface area (Å²) in [7, 11) is 1.37. The molecular weight excluding hydrogens is 321 g/mol. The Kier molecular flexibility index (Phi) is 4.40. The number of nitrogens with zero attached hydrogens (tertiary/aromatic N) is 2. The summed E-state index contributed by atoms with van der Waals surface area (Å²) in [6.07, 6.45) is 3.99. The third-order valence-electron chi connectivity index (χ3n) is 5.05. The second-order valence-corrected chi connectivity index (χ2v) is 6.52. The molecule has 1 aromatic rings. The topological polar surface area (TPSA) is 75.0 Å². The predicted molar refractivity (Wildman–Crippen MR) is 82.3 cm³/mol. The molecule has 0 aromatic carbocycles. The Morgan fingerprint density at radius 1 is 1.43 bits per heavy atom. The number of rotatable bonds is 3. The number of aromatic nitrogens is 1. The minimum atomic E-state index is -0.643. The van der Waals surface area contributed by atoms with E-state index in [2.05, 4.69) is 10.3 Å². The molecule has 2 atom stereocenters. The maximum atomic E-state index is 14.2. The zero-order valence-electron chi connectivity index (χ0n) is 12.7. The molecule has 3 saturated carbocycles. The molecule has 1 aromatic heterocycles. The van der Waals surface area contributed by atoms with Crippen molar-refractivity contribution in [3.8, 4) is 6.07 Å². The first-order valence-electron chi connectivity index (χ1n) is 7.65. The maximum absolute atomic E-state index is 14.2. The molecule has 0 radical (unpaired) electrons. The van der Waals surface area contributed by atoms with Gasteiger partial charge in [-0.3, -0.25) is 4.79 Å². The van der Waals surface area contributed by atoms with Crippen molar-refractivity contribution in [3.63, 3.8) is 0 Å². The van der Waals surface area contributed by atoms with E-state index in [0.717, 1.165) is 31.7 Å². The fraction of sp³-hybridized carbons (Fsp3) is 0.562. The van der Waals surface area contributed by atoms with Crippen molar-refractivity contribution < 1.29 is 13.9 Å². The average Bonchev–Trinajstić information content (AvgIpc) is 2.58. The van der Waals surface area contributed by atoms with E-state index in [1.807, 2.05) is 0 Å². The Morgan fingerprint density at radius 2 is 2.09 bits per heavy atom. The van der Waals surface area contributed by atoms with Gasteiger partial charge in [0.2, 0.25) is 0 Å². The number of carbonyl (C=O) groups is 1. The Bertz CT molecular complexity index is 668. The summed E-state index contributed by atoms with van der Waals surface area (Å²) in [6.45, 7) is 0. The summed E-state index contributed by atoms with van der Waals surface area (Å²) in [4.78, 5) is 16.1. The van der Waals surface area contributed by atoms with Crippen LogP contribution in [0.4, 0.5) is 10.2 Å². The van der Waals surface area contributed by atoms with Crippen LogP contribution in [-0.2, 0) is 9.53 Å². The average molecular weight is 338 g/mol. The van der Waals surface area contributed by atoms with Crippen LogP contribution < -0.4 is 5.32 Å². The minimum Gasteiger partial charge on any atom is -0.469 e. The Morgan fingerprint density at radius 3 is 2.70 bits per heavy atom. The Labute approximate surface area is 138 Å². The highest BCUT2D eigenvalue weighted by Crippen LogP contribution is 2.46. The number of carbonyl (C=O) groups excluding carboxylic acids is 1. The van der Waals surface area contributed by atoms with Crippen molar-refractivity contribution in [2.45, 2.75) is 31.7 Å². The molecule has 122 valence electrons. The van der Waals surface area contributed by atoms with Crippen LogP contribution in [0, 0.1) is 34.9 Å². The minimum absolute atomic E-state index is 0.00982. The second-order valence-electron chi connectivity index (χ2n) is 6.16. The quantitative estimate of drug-likeness (QED) is 0.677. The van der Waals surface area contributed by atoms with Crippen LogP contribution >= 0.6 is 11.6 Å². The zero-order chi connectivity index (χ0) is 16.6. The van der Waals surface area contributed by atoms with Crippen molar-refractivity contribution in [1.29, 1.82) is 5.26 Å². The van der Waals surface area contributed by atoms with E-state index >= 15 is 0 Å². The number of nitriles is 1. The summed E-state index contributed by atoms with van der Waals surface area (Å²) in [5, 5.41) is 11.9. The van der Waals surface area contributed by atoms with E-state index in [-0.39, 0.29) is 46.3 Å². The highest BCUT2D eigenvalue weighted by molar-refractivity contribution is 6.30. The number of anilines is 1. The molecule has 0 spiro atoms. The number of fused-ring (bicyclic) bond motifs is 3. The van der Waals surface area contributed by atoms with Gasteiger partial charge in [-0.2, -0.15) is 5.26 Å². The number of pyridine rings is 1. The van der Waals surface area contributed by atoms with Gasteiger partial charge in [-0.05, 0) is 43.6 Å². The number of ether oxygens (including phenoxy) is 1. The highest BCUT2D eigenvalue weighted by Gasteiger charge is 2.48. The molecule has 0 saturated heterocycles. The van der Waals surface area contributed by atoms with E-state index in [0.29, 0.717) is 0 Å². The molecule has 23 heavy (non-hydrogen) atoms. The van der Waals surface area contributed by atoms with E-state index < -0.39 is 5.82 Å². The highest BCUT2D eigenvalue weighted by atomic mass is 35.5. The largest absolute Gasteiger partial charge is 0.469 e. The van der Waals surface area contributed by atoms with Gasteiger partial charge in [-0.25, -0.2) is 9.37 Å². The van der Waals surface area contributed by atoms with Crippen molar-refractivity contribution in [2.24, 2.45) is 17.8 Å². The van der Waals surface area contributed by atoms with E-state index in [1.54, 1.807) is 6.07 Å². The van der Waals surface area contributed by atoms with Gasteiger partial charge < -0.3 is 10.1 Å². The normalized spacial score (nSPS) is 29.0. The van der Waals surface area contributed by atoms with E-state index in [9.17, 15) is 9.18 Å². The lowest BCUT2D eigenvalue weighted by Gasteiger charge is -2.47. The van der Waals surface area contributed by atoms with Gasteiger partial charge in [0.25, 0.3) is 0 Å². The number of halogens is 2. The molecule has 0 unspecified atom stereocenters. The second kappa shape index (κ2) is 6.32. The monoisotopic (exact) mass is 337 g/mol.